The Morgan fingerprint density at radius 2 is 1.79 bits per heavy atom. The molecule has 1 rings (SSSR count). The molecule has 19 heavy (non-hydrogen) atoms. The molecule has 0 spiro atoms. The van der Waals surface area contributed by atoms with E-state index in [1.807, 2.05) is 0 Å². The van der Waals surface area contributed by atoms with E-state index in [1.54, 1.807) is 27.7 Å². The van der Waals surface area contributed by atoms with Crippen LogP contribution in [0.5, 0.6) is 0 Å². The van der Waals surface area contributed by atoms with Crippen LogP contribution in [0.3, 0.4) is 0 Å². The molecule has 1 heterocycles. The first kappa shape index (κ1) is 15.1. The number of aldehydes is 1. The van der Waals surface area contributed by atoms with Gasteiger partial charge in [-0.25, -0.2) is 14.8 Å². The minimum Gasteiger partial charge on any atom is -0.444 e. The smallest absolute Gasteiger partial charge is 0.411 e. The van der Waals surface area contributed by atoms with Gasteiger partial charge in [0.15, 0.2) is 0 Å². The summed E-state index contributed by atoms with van der Waals surface area (Å²) in [6.45, 7) is 6.91. The third-order valence-corrected chi connectivity index (χ3v) is 2.74. The Bertz CT molecular complexity index is 456. The Kier molecular flexibility index (Phi) is 4.24. The van der Waals surface area contributed by atoms with Gasteiger partial charge in [0.1, 0.15) is 23.8 Å². The second kappa shape index (κ2) is 5.34. The van der Waals surface area contributed by atoms with Gasteiger partial charge in [-0.2, -0.15) is 0 Å². The van der Waals surface area contributed by atoms with Gasteiger partial charge in [0.25, 0.3) is 0 Å². The molecule has 0 aliphatic rings. The Morgan fingerprint density at radius 1 is 1.26 bits per heavy atom. The Balaban J connectivity index is 3.03. The van der Waals surface area contributed by atoms with Crippen LogP contribution in [0.15, 0.2) is 18.7 Å². The number of carbonyl (C=O) groups excluding carboxylic acids is 2. The van der Waals surface area contributed by atoms with E-state index >= 15 is 0 Å². The van der Waals surface area contributed by atoms with Crippen molar-refractivity contribution in [3.63, 3.8) is 0 Å². The van der Waals surface area contributed by atoms with Crippen molar-refractivity contribution in [1.82, 2.24) is 14.9 Å². The number of hydrogen-bond acceptors (Lipinski definition) is 5. The summed E-state index contributed by atoms with van der Waals surface area (Å²) in [5, 5.41) is 0. The molecule has 6 nitrogen and oxygen atoms in total. The van der Waals surface area contributed by atoms with Crippen LogP contribution in [0.1, 0.15) is 33.3 Å². The maximum Gasteiger partial charge on any atom is 0.411 e. The first-order valence-electron chi connectivity index (χ1n) is 5.89. The lowest BCUT2D eigenvalue weighted by Crippen LogP contribution is -2.48. The van der Waals surface area contributed by atoms with Crippen molar-refractivity contribution in [2.75, 3.05) is 7.05 Å². The molecule has 0 fully saturated rings. The second-order valence-electron chi connectivity index (χ2n) is 5.43. The molecule has 0 N–H and O–H groups in total. The molecule has 0 radical (unpaired) electrons. The lowest BCUT2D eigenvalue weighted by molar-refractivity contribution is -0.117. The summed E-state index contributed by atoms with van der Waals surface area (Å²) in [5.41, 5.74) is -1.26. The Morgan fingerprint density at radius 3 is 2.21 bits per heavy atom. The van der Waals surface area contributed by atoms with Gasteiger partial charge in [0.05, 0.1) is 0 Å². The molecule has 0 saturated heterocycles. The second-order valence-corrected chi connectivity index (χ2v) is 5.43. The molecule has 1 unspecified atom stereocenters. The van der Waals surface area contributed by atoms with Crippen molar-refractivity contribution in [3.8, 4) is 0 Å². The van der Waals surface area contributed by atoms with E-state index in [4.69, 9.17) is 4.74 Å². The highest BCUT2D eigenvalue weighted by Crippen LogP contribution is 2.25. The van der Waals surface area contributed by atoms with Crippen molar-refractivity contribution < 1.29 is 14.3 Å². The monoisotopic (exact) mass is 265 g/mol. The standard InChI is InChI=1S/C13H19N3O3/c1-12(2,3)19-11(18)16(5)13(4,8-17)10-6-14-9-15-7-10/h6-9H,1-5H3. The van der Waals surface area contributed by atoms with Gasteiger partial charge in [-0.05, 0) is 27.7 Å². The quantitative estimate of drug-likeness (QED) is 0.779. The average molecular weight is 265 g/mol. The number of hydrogen-bond donors (Lipinski definition) is 0. The van der Waals surface area contributed by atoms with E-state index in [2.05, 4.69) is 9.97 Å². The summed E-state index contributed by atoms with van der Waals surface area (Å²) in [7, 11) is 1.51. The number of likely N-dealkylation sites (N-methyl/N-ethyl adjacent to an activating group) is 1. The van der Waals surface area contributed by atoms with Crippen LogP contribution in [-0.4, -0.2) is 39.9 Å². The lowest BCUT2D eigenvalue weighted by atomic mass is 9.95. The molecule has 0 saturated carbocycles. The highest BCUT2D eigenvalue weighted by Gasteiger charge is 2.37. The summed E-state index contributed by atoms with van der Waals surface area (Å²) in [6.07, 6.45) is 4.47. The number of carbonyl (C=O) groups is 2. The molecule has 0 bridgehead atoms. The minimum absolute atomic E-state index is 0.526. The number of amides is 1. The van der Waals surface area contributed by atoms with Crippen LogP contribution in [0.2, 0.25) is 0 Å². The predicted molar refractivity (Wildman–Crippen MR) is 69.4 cm³/mol. The van der Waals surface area contributed by atoms with Gasteiger partial charge in [0, 0.05) is 25.0 Å². The maximum absolute atomic E-state index is 12.0. The fourth-order valence-corrected chi connectivity index (χ4v) is 1.42. The van der Waals surface area contributed by atoms with Crippen molar-refractivity contribution in [2.24, 2.45) is 0 Å². The molecular formula is C13H19N3O3. The number of nitrogens with zero attached hydrogens (tertiary/aromatic N) is 3. The molecule has 0 aliphatic heterocycles. The maximum atomic E-state index is 12.0. The molecule has 104 valence electrons. The molecule has 1 amide bonds. The zero-order valence-electron chi connectivity index (χ0n) is 11.9. The van der Waals surface area contributed by atoms with Gasteiger partial charge >= 0.3 is 6.09 Å². The van der Waals surface area contributed by atoms with Crippen molar-refractivity contribution in [1.29, 1.82) is 0 Å². The molecule has 1 atom stereocenters. The zero-order valence-corrected chi connectivity index (χ0v) is 11.9. The summed E-state index contributed by atoms with van der Waals surface area (Å²) >= 11 is 0. The summed E-state index contributed by atoms with van der Waals surface area (Å²) in [5.74, 6) is 0. The summed E-state index contributed by atoms with van der Waals surface area (Å²) < 4.78 is 5.26. The summed E-state index contributed by atoms with van der Waals surface area (Å²) in [4.78, 5) is 32.4. The highest BCUT2D eigenvalue weighted by atomic mass is 16.6. The van der Waals surface area contributed by atoms with Crippen LogP contribution in [0.4, 0.5) is 4.79 Å². The zero-order chi connectivity index (χ0) is 14.7. The van der Waals surface area contributed by atoms with Gasteiger partial charge in [-0.15, -0.1) is 0 Å². The SMILES string of the molecule is CN(C(=O)OC(C)(C)C)C(C)(C=O)c1cncnc1. The summed E-state index contributed by atoms with van der Waals surface area (Å²) in [6, 6.07) is 0. The van der Waals surface area contributed by atoms with Crippen LogP contribution in [0.25, 0.3) is 0 Å². The van der Waals surface area contributed by atoms with Crippen LogP contribution in [0, 0.1) is 0 Å². The molecule has 1 aromatic heterocycles. The van der Waals surface area contributed by atoms with Gasteiger partial charge < -0.3 is 9.53 Å². The molecule has 0 aromatic carbocycles. The molecular weight excluding hydrogens is 246 g/mol. The van der Waals surface area contributed by atoms with Crippen molar-refractivity contribution in [2.45, 2.75) is 38.8 Å². The minimum atomic E-state index is -1.16. The van der Waals surface area contributed by atoms with E-state index in [1.165, 1.54) is 30.7 Å². The molecule has 0 aliphatic carbocycles. The van der Waals surface area contributed by atoms with Crippen molar-refractivity contribution >= 4 is 12.4 Å². The first-order valence-corrected chi connectivity index (χ1v) is 5.89. The topological polar surface area (TPSA) is 72.4 Å². The molecule has 6 heteroatoms. The van der Waals surface area contributed by atoms with Crippen molar-refractivity contribution in [3.05, 3.63) is 24.3 Å². The van der Waals surface area contributed by atoms with Crippen LogP contribution in [-0.2, 0) is 15.1 Å². The molecule has 1 aromatic rings. The van der Waals surface area contributed by atoms with Crippen LogP contribution >= 0.6 is 0 Å². The predicted octanol–water partition coefficient (Wildman–Crippen LogP) is 1.76. The normalized spacial score (nSPS) is 14.4. The number of ether oxygens (including phenoxy) is 1. The largest absolute Gasteiger partial charge is 0.444 e. The fourth-order valence-electron chi connectivity index (χ4n) is 1.42. The van der Waals surface area contributed by atoms with Crippen LogP contribution < -0.4 is 0 Å². The number of aromatic nitrogens is 2. The van der Waals surface area contributed by atoms with Gasteiger partial charge in [-0.1, -0.05) is 0 Å². The Hall–Kier alpha value is -1.98. The van der Waals surface area contributed by atoms with E-state index < -0.39 is 17.2 Å². The highest BCUT2D eigenvalue weighted by molar-refractivity contribution is 5.77. The van der Waals surface area contributed by atoms with E-state index in [0.29, 0.717) is 11.8 Å². The van der Waals surface area contributed by atoms with E-state index in [0.717, 1.165) is 0 Å². The van der Waals surface area contributed by atoms with Gasteiger partial charge in [0.2, 0.25) is 0 Å². The van der Waals surface area contributed by atoms with E-state index in [9.17, 15) is 9.59 Å². The first-order chi connectivity index (χ1) is 8.70. The fraction of sp³-hybridized carbons (Fsp3) is 0.538. The lowest BCUT2D eigenvalue weighted by Gasteiger charge is -2.35. The average Bonchev–Trinajstić information content (AvgIpc) is 2.36. The van der Waals surface area contributed by atoms with E-state index in [-0.39, 0.29) is 0 Å². The third kappa shape index (κ3) is 3.49. The third-order valence-electron chi connectivity index (χ3n) is 2.74. The Labute approximate surface area is 112 Å². The number of rotatable bonds is 3. The van der Waals surface area contributed by atoms with Gasteiger partial charge in [-0.3, -0.25) is 4.90 Å².